The van der Waals surface area contributed by atoms with Crippen LogP contribution in [0.15, 0.2) is 24.3 Å². The van der Waals surface area contributed by atoms with Gasteiger partial charge in [-0.1, -0.05) is 12.1 Å². The van der Waals surface area contributed by atoms with Gasteiger partial charge in [0.05, 0.1) is 0 Å². The number of hydrogen-bond acceptors (Lipinski definition) is 3. The maximum Gasteiger partial charge on any atom is 0.0369 e. The van der Waals surface area contributed by atoms with Crippen LogP contribution < -0.4 is 10.6 Å². The van der Waals surface area contributed by atoms with Crippen molar-refractivity contribution in [1.29, 1.82) is 0 Å². The fraction of sp³-hybridized carbons (Fsp3) is 0.647. The Morgan fingerprint density at radius 3 is 2.60 bits per heavy atom. The summed E-state index contributed by atoms with van der Waals surface area (Å²) in [6, 6.07) is 9.29. The normalized spacial score (nSPS) is 22.0. The van der Waals surface area contributed by atoms with Crippen LogP contribution in [0.25, 0.3) is 0 Å². The van der Waals surface area contributed by atoms with E-state index in [2.05, 4.69) is 41.0 Å². The van der Waals surface area contributed by atoms with Gasteiger partial charge in [-0.3, -0.25) is 4.90 Å². The molecule has 1 unspecified atom stereocenters. The zero-order valence-electron chi connectivity index (χ0n) is 12.6. The Hall–Kier alpha value is -1.06. The predicted octanol–water partition coefficient (Wildman–Crippen LogP) is 2.24. The van der Waals surface area contributed by atoms with Gasteiger partial charge in [0, 0.05) is 37.9 Å². The number of nitrogens with zero attached hydrogens (tertiary/aromatic N) is 2. The van der Waals surface area contributed by atoms with Crippen molar-refractivity contribution in [2.45, 2.75) is 32.2 Å². The fourth-order valence-electron chi connectivity index (χ4n) is 3.15. The van der Waals surface area contributed by atoms with Crippen LogP contribution >= 0.6 is 0 Å². The van der Waals surface area contributed by atoms with E-state index in [1.807, 2.05) is 0 Å². The van der Waals surface area contributed by atoms with Crippen molar-refractivity contribution in [1.82, 2.24) is 4.90 Å². The number of rotatable bonds is 5. The second kappa shape index (κ2) is 6.15. The molecule has 1 aromatic rings. The first-order valence-electron chi connectivity index (χ1n) is 8.02. The molecule has 0 aromatic heterocycles. The van der Waals surface area contributed by atoms with Crippen LogP contribution in [0, 0.1) is 12.8 Å². The number of piperazine rings is 1. The fourth-order valence-corrected chi connectivity index (χ4v) is 3.15. The van der Waals surface area contributed by atoms with Gasteiger partial charge in [0.25, 0.3) is 0 Å². The van der Waals surface area contributed by atoms with E-state index in [9.17, 15) is 0 Å². The zero-order valence-corrected chi connectivity index (χ0v) is 12.6. The number of hydrogen-bond donors (Lipinski definition) is 1. The molecule has 110 valence electrons. The molecule has 0 amide bonds. The molecule has 3 heteroatoms. The lowest BCUT2D eigenvalue weighted by Crippen LogP contribution is -2.47. The summed E-state index contributed by atoms with van der Waals surface area (Å²) in [6.07, 6.45) is 3.90. The SMILES string of the molecule is Cc1cccc(N2CCN(CCC(N)C3CC3)CC2)c1. The number of aryl methyl sites for hydroxylation is 1. The molecule has 1 aliphatic heterocycles. The summed E-state index contributed by atoms with van der Waals surface area (Å²) >= 11 is 0. The van der Waals surface area contributed by atoms with E-state index in [4.69, 9.17) is 5.73 Å². The molecule has 3 rings (SSSR count). The van der Waals surface area contributed by atoms with Crippen LogP contribution in [0.1, 0.15) is 24.8 Å². The van der Waals surface area contributed by atoms with E-state index in [1.165, 1.54) is 50.1 Å². The third kappa shape index (κ3) is 3.53. The molecule has 2 N–H and O–H groups in total. The first-order chi connectivity index (χ1) is 9.72. The third-order valence-corrected chi connectivity index (χ3v) is 4.75. The van der Waals surface area contributed by atoms with Gasteiger partial charge < -0.3 is 10.6 Å². The molecule has 1 saturated carbocycles. The smallest absolute Gasteiger partial charge is 0.0369 e. The van der Waals surface area contributed by atoms with Crippen molar-refractivity contribution < 1.29 is 0 Å². The minimum absolute atomic E-state index is 0.449. The van der Waals surface area contributed by atoms with E-state index in [1.54, 1.807) is 0 Å². The Morgan fingerprint density at radius 1 is 1.20 bits per heavy atom. The molecule has 2 aliphatic rings. The van der Waals surface area contributed by atoms with Crippen molar-refractivity contribution in [3.63, 3.8) is 0 Å². The van der Waals surface area contributed by atoms with Gasteiger partial charge in [0.15, 0.2) is 0 Å². The van der Waals surface area contributed by atoms with Crippen molar-refractivity contribution >= 4 is 5.69 Å². The van der Waals surface area contributed by atoms with Gasteiger partial charge in [-0.2, -0.15) is 0 Å². The van der Waals surface area contributed by atoms with E-state index in [0.29, 0.717) is 6.04 Å². The Labute approximate surface area is 122 Å². The Balaban J connectivity index is 1.44. The Kier molecular flexibility index (Phi) is 4.27. The molecule has 2 fully saturated rings. The van der Waals surface area contributed by atoms with Gasteiger partial charge in [-0.05, 0) is 56.3 Å². The van der Waals surface area contributed by atoms with Gasteiger partial charge in [0.1, 0.15) is 0 Å². The molecule has 0 bridgehead atoms. The number of nitrogens with two attached hydrogens (primary N) is 1. The molecule has 0 spiro atoms. The first-order valence-corrected chi connectivity index (χ1v) is 8.02. The van der Waals surface area contributed by atoms with E-state index in [0.717, 1.165) is 19.0 Å². The molecular formula is C17H27N3. The molecule has 0 radical (unpaired) electrons. The Morgan fingerprint density at radius 2 is 1.95 bits per heavy atom. The number of benzene rings is 1. The van der Waals surface area contributed by atoms with Crippen LogP contribution in [0.2, 0.25) is 0 Å². The van der Waals surface area contributed by atoms with Crippen molar-refractivity contribution in [3.05, 3.63) is 29.8 Å². The highest BCUT2D eigenvalue weighted by Crippen LogP contribution is 2.32. The zero-order chi connectivity index (χ0) is 13.9. The van der Waals surface area contributed by atoms with E-state index < -0.39 is 0 Å². The van der Waals surface area contributed by atoms with Crippen LogP contribution in [-0.2, 0) is 0 Å². The highest BCUT2D eigenvalue weighted by molar-refractivity contribution is 5.48. The molecule has 1 aromatic carbocycles. The van der Waals surface area contributed by atoms with Gasteiger partial charge in [-0.25, -0.2) is 0 Å². The van der Waals surface area contributed by atoms with Crippen molar-refractivity contribution in [3.8, 4) is 0 Å². The first kappa shape index (κ1) is 13.9. The summed E-state index contributed by atoms with van der Waals surface area (Å²) in [5.74, 6) is 0.837. The summed E-state index contributed by atoms with van der Waals surface area (Å²) < 4.78 is 0. The maximum absolute atomic E-state index is 6.19. The minimum Gasteiger partial charge on any atom is -0.369 e. The van der Waals surface area contributed by atoms with Crippen molar-refractivity contribution in [2.24, 2.45) is 11.7 Å². The lowest BCUT2D eigenvalue weighted by molar-refractivity contribution is 0.245. The molecule has 20 heavy (non-hydrogen) atoms. The monoisotopic (exact) mass is 273 g/mol. The highest BCUT2D eigenvalue weighted by Gasteiger charge is 2.28. The summed E-state index contributed by atoms with van der Waals surface area (Å²) in [5.41, 5.74) is 8.92. The molecule has 1 saturated heterocycles. The maximum atomic E-state index is 6.19. The minimum atomic E-state index is 0.449. The summed E-state index contributed by atoms with van der Waals surface area (Å²) in [4.78, 5) is 5.08. The molecule has 1 heterocycles. The lowest BCUT2D eigenvalue weighted by atomic mass is 10.1. The van der Waals surface area contributed by atoms with Crippen LogP contribution in [0.4, 0.5) is 5.69 Å². The second-order valence-corrected chi connectivity index (χ2v) is 6.46. The highest BCUT2D eigenvalue weighted by atomic mass is 15.3. The summed E-state index contributed by atoms with van der Waals surface area (Å²) in [6.45, 7) is 7.97. The number of anilines is 1. The average Bonchev–Trinajstić information content (AvgIpc) is 3.30. The van der Waals surface area contributed by atoms with E-state index in [-0.39, 0.29) is 0 Å². The second-order valence-electron chi connectivity index (χ2n) is 6.46. The standard InChI is InChI=1S/C17H27N3/c1-14-3-2-4-16(13-14)20-11-9-19(10-12-20)8-7-17(18)15-5-6-15/h2-4,13,15,17H,5-12,18H2,1H3. The van der Waals surface area contributed by atoms with Crippen LogP contribution in [0.3, 0.4) is 0 Å². The van der Waals surface area contributed by atoms with Crippen LogP contribution in [0.5, 0.6) is 0 Å². The third-order valence-electron chi connectivity index (χ3n) is 4.75. The summed E-state index contributed by atoms with van der Waals surface area (Å²) in [7, 11) is 0. The van der Waals surface area contributed by atoms with E-state index >= 15 is 0 Å². The predicted molar refractivity (Wildman–Crippen MR) is 85.1 cm³/mol. The lowest BCUT2D eigenvalue weighted by Gasteiger charge is -2.36. The molecule has 1 atom stereocenters. The summed E-state index contributed by atoms with van der Waals surface area (Å²) in [5, 5.41) is 0. The van der Waals surface area contributed by atoms with Crippen molar-refractivity contribution in [2.75, 3.05) is 37.6 Å². The van der Waals surface area contributed by atoms with Gasteiger partial charge in [-0.15, -0.1) is 0 Å². The van der Waals surface area contributed by atoms with Gasteiger partial charge >= 0.3 is 0 Å². The Bertz CT molecular complexity index is 434. The molecular weight excluding hydrogens is 246 g/mol. The van der Waals surface area contributed by atoms with Gasteiger partial charge in [0.2, 0.25) is 0 Å². The largest absolute Gasteiger partial charge is 0.369 e. The molecule has 1 aliphatic carbocycles. The molecule has 3 nitrogen and oxygen atoms in total. The quantitative estimate of drug-likeness (QED) is 0.893. The average molecular weight is 273 g/mol. The topological polar surface area (TPSA) is 32.5 Å². The van der Waals surface area contributed by atoms with Crippen LogP contribution in [-0.4, -0.2) is 43.7 Å².